The summed E-state index contributed by atoms with van der Waals surface area (Å²) in [6.45, 7) is 1.87. The van der Waals surface area contributed by atoms with Gasteiger partial charge in [-0.15, -0.1) is 5.10 Å². The summed E-state index contributed by atoms with van der Waals surface area (Å²) >= 11 is 0. The predicted molar refractivity (Wildman–Crippen MR) is 132 cm³/mol. The smallest absolute Gasteiger partial charge is 0.225 e. The van der Waals surface area contributed by atoms with E-state index in [0.29, 0.717) is 47.5 Å². The molecule has 10 heteroatoms. The van der Waals surface area contributed by atoms with Crippen LogP contribution in [-0.2, 0) is 15.1 Å². The molecule has 4 heterocycles. The van der Waals surface area contributed by atoms with Crippen molar-refractivity contribution in [3.63, 3.8) is 0 Å². The van der Waals surface area contributed by atoms with E-state index in [1.165, 1.54) is 4.52 Å². The number of Topliss-reactive ketones (excluding diaryl/α,β-unsaturated/α-hetero) is 2. The number of rotatable bonds is 6. The van der Waals surface area contributed by atoms with Crippen molar-refractivity contribution in [2.75, 3.05) is 5.73 Å². The molecule has 0 aliphatic heterocycles. The molecule has 0 saturated heterocycles. The number of furan rings is 1. The second kappa shape index (κ2) is 8.40. The van der Waals surface area contributed by atoms with E-state index in [9.17, 15) is 9.59 Å². The molecule has 10 nitrogen and oxygen atoms in total. The highest BCUT2D eigenvalue weighted by atomic mass is 16.3. The first-order valence-corrected chi connectivity index (χ1v) is 12.0. The second-order valence-corrected chi connectivity index (χ2v) is 9.46. The zero-order chi connectivity index (χ0) is 24.9. The van der Waals surface area contributed by atoms with Crippen LogP contribution in [0.3, 0.4) is 0 Å². The molecule has 1 aromatic carbocycles. The third kappa shape index (κ3) is 3.48. The summed E-state index contributed by atoms with van der Waals surface area (Å²) in [5, 5.41) is 9.72. The summed E-state index contributed by atoms with van der Waals surface area (Å²) in [6, 6.07) is 13.1. The molecule has 0 bridgehead atoms. The molecule has 1 atom stereocenters. The molecular formula is C26H25N7O3. The Morgan fingerprint density at radius 3 is 2.61 bits per heavy atom. The minimum absolute atomic E-state index is 0.0102. The van der Waals surface area contributed by atoms with Crippen molar-refractivity contribution in [1.29, 1.82) is 0 Å². The first-order valence-electron chi connectivity index (χ1n) is 12.0. The lowest BCUT2D eigenvalue weighted by molar-refractivity contribution is -0.128. The second-order valence-electron chi connectivity index (χ2n) is 9.46. The van der Waals surface area contributed by atoms with Crippen molar-refractivity contribution >= 4 is 34.2 Å². The van der Waals surface area contributed by atoms with Crippen LogP contribution in [0.5, 0.6) is 0 Å². The van der Waals surface area contributed by atoms with Gasteiger partial charge in [-0.25, -0.2) is 9.67 Å². The van der Waals surface area contributed by atoms with Gasteiger partial charge in [0, 0.05) is 19.3 Å². The van der Waals surface area contributed by atoms with Gasteiger partial charge in [0.1, 0.15) is 11.3 Å². The van der Waals surface area contributed by atoms with Gasteiger partial charge >= 0.3 is 0 Å². The number of nitrogen functional groups attached to an aromatic ring is 1. The zero-order valence-electron chi connectivity index (χ0n) is 19.8. The highest BCUT2D eigenvalue weighted by molar-refractivity contribution is 5.95. The molecule has 2 N–H and O–H groups in total. The van der Waals surface area contributed by atoms with Crippen LogP contribution in [0.2, 0.25) is 0 Å². The van der Waals surface area contributed by atoms with E-state index in [0.717, 1.165) is 18.4 Å². The Morgan fingerprint density at radius 1 is 1.11 bits per heavy atom. The van der Waals surface area contributed by atoms with Crippen molar-refractivity contribution in [2.24, 2.45) is 5.92 Å². The Hall–Kier alpha value is -4.34. The maximum absolute atomic E-state index is 14.0. The van der Waals surface area contributed by atoms with Crippen molar-refractivity contribution in [3.8, 4) is 11.6 Å². The first-order chi connectivity index (χ1) is 17.4. The lowest BCUT2D eigenvalue weighted by atomic mass is 9.79. The average Bonchev–Trinajstić information content (AvgIpc) is 3.65. The third-order valence-corrected chi connectivity index (χ3v) is 7.21. The van der Waals surface area contributed by atoms with E-state index in [1.807, 2.05) is 37.3 Å². The number of nitrogens with zero attached hydrogens (tertiary/aromatic N) is 6. The molecular weight excluding hydrogens is 458 g/mol. The summed E-state index contributed by atoms with van der Waals surface area (Å²) < 4.78 is 8.54. The van der Waals surface area contributed by atoms with Crippen molar-refractivity contribution in [1.82, 2.24) is 29.4 Å². The molecule has 0 unspecified atom stereocenters. The van der Waals surface area contributed by atoms with E-state index < -0.39 is 5.54 Å². The van der Waals surface area contributed by atoms with Gasteiger partial charge in [0.25, 0.3) is 0 Å². The average molecular weight is 484 g/mol. The number of aromatic nitrogens is 6. The van der Waals surface area contributed by atoms with Crippen LogP contribution in [-0.4, -0.2) is 40.9 Å². The highest BCUT2D eigenvalue weighted by Gasteiger charge is 2.41. The van der Waals surface area contributed by atoms with E-state index in [4.69, 9.17) is 10.2 Å². The molecule has 1 fully saturated rings. The molecule has 0 spiro atoms. The maximum atomic E-state index is 14.0. The van der Waals surface area contributed by atoms with Crippen molar-refractivity contribution in [2.45, 2.75) is 44.6 Å². The Kier molecular flexibility index (Phi) is 5.17. The number of anilines is 1. The summed E-state index contributed by atoms with van der Waals surface area (Å²) in [5.74, 6) is 1.45. The van der Waals surface area contributed by atoms with Crippen LogP contribution in [0.1, 0.15) is 44.6 Å². The highest BCUT2D eigenvalue weighted by Crippen LogP contribution is 2.35. The Balaban J connectivity index is 1.49. The number of carbonyl (C=O) groups is 2. The van der Waals surface area contributed by atoms with Crippen molar-refractivity contribution < 1.29 is 14.0 Å². The number of hydrogen-bond donors (Lipinski definition) is 1. The van der Waals surface area contributed by atoms with Crippen LogP contribution in [0.25, 0.3) is 28.3 Å². The number of ketones is 2. The molecule has 1 aliphatic rings. The molecule has 0 radical (unpaired) electrons. The summed E-state index contributed by atoms with van der Waals surface area (Å²) in [4.78, 5) is 35.0. The number of hydrogen-bond acceptors (Lipinski definition) is 8. The maximum Gasteiger partial charge on any atom is 0.225 e. The Bertz CT molecular complexity index is 1580. The number of benzene rings is 1. The first kappa shape index (κ1) is 22.1. The molecule has 36 heavy (non-hydrogen) atoms. The van der Waals surface area contributed by atoms with Crippen LogP contribution < -0.4 is 5.73 Å². The molecule has 4 aromatic heterocycles. The van der Waals surface area contributed by atoms with Gasteiger partial charge in [-0.3, -0.25) is 9.59 Å². The Morgan fingerprint density at radius 2 is 1.89 bits per heavy atom. The van der Waals surface area contributed by atoms with E-state index in [1.54, 1.807) is 29.3 Å². The monoisotopic (exact) mass is 483 g/mol. The fraction of sp³-hybridized carbons (Fsp3) is 0.308. The number of carbonyl (C=O) groups excluding carboxylic acids is 2. The molecule has 1 aliphatic carbocycles. The van der Waals surface area contributed by atoms with Gasteiger partial charge in [0.05, 0.1) is 17.8 Å². The SMILES string of the molecule is C[C@](C(=O)CC1CCC(=O)CC1)(c1ccccc1)n1ncc2c1nc(N)n1nc(-c3ccco3)nc21. The summed E-state index contributed by atoms with van der Waals surface area (Å²) in [6.07, 6.45) is 6.08. The third-order valence-electron chi connectivity index (χ3n) is 7.21. The molecule has 5 aromatic rings. The quantitative estimate of drug-likeness (QED) is 0.385. The molecule has 6 rings (SSSR count). The van der Waals surface area contributed by atoms with Gasteiger partial charge in [0.2, 0.25) is 11.8 Å². The van der Waals surface area contributed by atoms with Crippen LogP contribution >= 0.6 is 0 Å². The van der Waals surface area contributed by atoms with E-state index in [2.05, 4.69) is 20.2 Å². The van der Waals surface area contributed by atoms with Crippen LogP contribution in [0.15, 0.2) is 59.3 Å². The van der Waals surface area contributed by atoms with E-state index in [-0.39, 0.29) is 23.4 Å². The fourth-order valence-electron chi connectivity index (χ4n) is 5.08. The lowest BCUT2D eigenvalue weighted by Crippen LogP contribution is -2.42. The normalized spacial score (nSPS) is 16.5. The predicted octanol–water partition coefficient (Wildman–Crippen LogP) is 3.80. The topological polar surface area (TPSA) is 134 Å². The van der Waals surface area contributed by atoms with Crippen LogP contribution in [0, 0.1) is 5.92 Å². The summed E-state index contributed by atoms with van der Waals surface area (Å²) in [7, 11) is 0. The minimum Gasteiger partial charge on any atom is -0.461 e. The lowest BCUT2D eigenvalue weighted by Gasteiger charge is -2.32. The number of nitrogens with two attached hydrogens (primary N) is 1. The van der Waals surface area contributed by atoms with Gasteiger partial charge < -0.3 is 10.2 Å². The van der Waals surface area contributed by atoms with Crippen LogP contribution in [0.4, 0.5) is 5.95 Å². The molecule has 1 saturated carbocycles. The fourth-order valence-corrected chi connectivity index (χ4v) is 5.08. The molecule has 182 valence electrons. The largest absolute Gasteiger partial charge is 0.461 e. The van der Waals surface area contributed by atoms with Gasteiger partial charge in [-0.05, 0) is 43.4 Å². The standard InChI is InChI=1S/C26H25N7O3/c1-26(17-6-3-2-4-7-17,21(35)14-16-9-11-18(34)12-10-16)33-24-19(15-28-33)23-29-22(20-8-5-13-36-20)31-32(23)25(27)30-24/h2-8,13,15-16H,9-12,14H2,1H3,(H2,27,30)/t26-/m1/s1. The Labute approximate surface area is 206 Å². The minimum atomic E-state index is -1.13. The van der Waals surface area contributed by atoms with Crippen molar-refractivity contribution in [3.05, 3.63) is 60.5 Å². The number of fused-ring (bicyclic) bond motifs is 3. The van der Waals surface area contributed by atoms with E-state index >= 15 is 0 Å². The molecule has 0 amide bonds. The zero-order valence-corrected chi connectivity index (χ0v) is 19.8. The van der Waals surface area contributed by atoms with Gasteiger partial charge in [-0.2, -0.15) is 14.6 Å². The van der Waals surface area contributed by atoms with Gasteiger partial charge in [-0.1, -0.05) is 30.3 Å². The van der Waals surface area contributed by atoms with Gasteiger partial charge in [0.15, 0.2) is 22.8 Å². The summed E-state index contributed by atoms with van der Waals surface area (Å²) in [5.41, 5.74) is 6.88.